The molecule has 10 heteroatoms. The summed E-state index contributed by atoms with van der Waals surface area (Å²) in [6.45, 7) is 3.37. The zero-order chi connectivity index (χ0) is 19.9. The highest BCUT2D eigenvalue weighted by Gasteiger charge is 2.34. The van der Waals surface area contributed by atoms with E-state index in [1.165, 1.54) is 18.2 Å². The molecule has 1 aromatic heterocycles. The van der Waals surface area contributed by atoms with Crippen molar-refractivity contribution in [3.8, 4) is 0 Å². The first kappa shape index (κ1) is 20.0. The Labute approximate surface area is 162 Å². The molecule has 0 atom stereocenters. The van der Waals surface area contributed by atoms with E-state index in [0.717, 1.165) is 11.3 Å². The Kier molecular flexibility index (Phi) is 5.47. The summed E-state index contributed by atoms with van der Waals surface area (Å²) < 4.78 is 53.9. The largest absolute Gasteiger partial charge is 0.369 e. The average molecular weight is 419 g/mol. The van der Waals surface area contributed by atoms with Crippen LogP contribution in [0.4, 0.5) is 14.5 Å². The number of nitrogens with zero attached hydrogens (tertiary/aromatic N) is 4. The smallest absolute Gasteiger partial charge is 0.333 e. The second-order valence-electron chi connectivity index (χ2n) is 6.54. The van der Waals surface area contributed by atoms with Gasteiger partial charge in [0.05, 0.1) is 11.4 Å². The molecule has 0 spiro atoms. The Bertz CT molecular complexity index is 954. The second-order valence-corrected chi connectivity index (χ2v) is 8.86. The summed E-state index contributed by atoms with van der Waals surface area (Å²) in [5.74, 6) is 0. The molecule has 1 aliphatic rings. The summed E-state index contributed by atoms with van der Waals surface area (Å²) in [5.41, 5.74) is 2.06. The van der Waals surface area contributed by atoms with Gasteiger partial charge in [-0.3, -0.25) is 0 Å². The number of piperazine rings is 1. The van der Waals surface area contributed by atoms with Crippen LogP contribution in [0.25, 0.3) is 0 Å². The van der Waals surface area contributed by atoms with E-state index in [4.69, 9.17) is 11.6 Å². The van der Waals surface area contributed by atoms with Crippen molar-refractivity contribution in [3.63, 3.8) is 0 Å². The van der Waals surface area contributed by atoms with Gasteiger partial charge in [-0.15, -0.1) is 0 Å². The van der Waals surface area contributed by atoms with E-state index in [2.05, 4.69) is 10.00 Å². The molecular weight excluding hydrogens is 398 g/mol. The number of benzene rings is 1. The van der Waals surface area contributed by atoms with Crippen molar-refractivity contribution in [2.24, 2.45) is 0 Å². The van der Waals surface area contributed by atoms with Gasteiger partial charge in [0.2, 0.25) is 10.0 Å². The third-order valence-corrected chi connectivity index (χ3v) is 7.18. The SMILES string of the molecule is Cc1ccc(Cl)cc1N1CCN(S(=O)(=O)c2c(C)nn(C(F)F)c2C)CC1. The van der Waals surface area contributed by atoms with Crippen molar-refractivity contribution < 1.29 is 17.2 Å². The molecule has 0 amide bonds. The van der Waals surface area contributed by atoms with Crippen LogP contribution >= 0.6 is 11.6 Å². The number of aryl methyl sites for hydroxylation is 2. The highest BCUT2D eigenvalue weighted by Crippen LogP contribution is 2.29. The maximum atomic E-state index is 13.0. The molecule has 1 aliphatic heterocycles. The van der Waals surface area contributed by atoms with Crippen molar-refractivity contribution >= 4 is 27.3 Å². The number of aromatic nitrogens is 2. The molecule has 0 bridgehead atoms. The number of sulfonamides is 1. The van der Waals surface area contributed by atoms with Crippen molar-refractivity contribution in [2.45, 2.75) is 32.2 Å². The van der Waals surface area contributed by atoms with Crippen LogP contribution in [-0.2, 0) is 10.0 Å². The first-order valence-corrected chi connectivity index (χ1v) is 10.3. The molecule has 1 fully saturated rings. The Morgan fingerprint density at radius 3 is 2.30 bits per heavy atom. The van der Waals surface area contributed by atoms with Gasteiger partial charge in [0, 0.05) is 36.9 Å². The normalized spacial score (nSPS) is 16.3. The third-order valence-electron chi connectivity index (χ3n) is 4.79. The number of halogens is 3. The second kappa shape index (κ2) is 7.37. The molecule has 0 aliphatic carbocycles. The molecule has 148 valence electrons. The van der Waals surface area contributed by atoms with E-state index in [0.29, 0.717) is 22.8 Å². The summed E-state index contributed by atoms with van der Waals surface area (Å²) in [4.78, 5) is 1.95. The molecular formula is C17H21ClF2N4O2S. The fraction of sp³-hybridized carbons (Fsp3) is 0.471. The third kappa shape index (κ3) is 3.68. The van der Waals surface area contributed by atoms with Gasteiger partial charge in [-0.25, -0.2) is 13.1 Å². The van der Waals surface area contributed by atoms with E-state index in [9.17, 15) is 17.2 Å². The molecule has 6 nitrogen and oxygen atoms in total. The van der Waals surface area contributed by atoms with E-state index in [1.54, 1.807) is 0 Å². The van der Waals surface area contributed by atoms with Gasteiger partial charge in [-0.1, -0.05) is 17.7 Å². The van der Waals surface area contributed by atoms with Gasteiger partial charge >= 0.3 is 6.55 Å². The zero-order valence-electron chi connectivity index (χ0n) is 15.3. The standard InChI is InChI=1S/C17H21ClF2N4O2S/c1-11-4-5-14(18)10-15(11)22-6-8-23(9-7-22)27(25,26)16-12(2)21-24(13(16)3)17(19)20/h4-5,10,17H,6-9H2,1-3H3. The van der Waals surface area contributed by atoms with E-state index >= 15 is 0 Å². The summed E-state index contributed by atoms with van der Waals surface area (Å²) >= 11 is 6.08. The number of anilines is 1. The van der Waals surface area contributed by atoms with Gasteiger partial charge in [0.15, 0.2) is 0 Å². The summed E-state index contributed by atoms with van der Waals surface area (Å²) in [6, 6.07) is 5.60. The fourth-order valence-electron chi connectivity index (χ4n) is 3.43. The first-order valence-electron chi connectivity index (χ1n) is 8.48. The van der Waals surface area contributed by atoms with Crippen LogP contribution in [0.2, 0.25) is 5.02 Å². The molecule has 1 saturated heterocycles. The molecule has 0 radical (unpaired) electrons. The average Bonchev–Trinajstić information content (AvgIpc) is 2.92. The predicted octanol–water partition coefficient (Wildman–Crippen LogP) is 3.37. The minimum atomic E-state index is -3.90. The van der Waals surface area contributed by atoms with Crippen LogP contribution in [0, 0.1) is 20.8 Å². The van der Waals surface area contributed by atoms with E-state index < -0.39 is 16.6 Å². The molecule has 2 heterocycles. The highest BCUT2D eigenvalue weighted by atomic mass is 35.5. The van der Waals surface area contributed by atoms with Crippen LogP contribution < -0.4 is 4.90 Å². The highest BCUT2D eigenvalue weighted by molar-refractivity contribution is 7.89. The number of rotatable bonds is 4. The van der Waals surface area contributed by atoms with Crippen LogP contribution in [0.15, 0.2) is 23.1 Å². The Balaban J connectivity index is 1.82. The van der Waals surface area contributed by atoms with Crippen LogP contribution in [-0.4, -0.2) is 48.7 Å². The fourth-order valence-corrected chi connectivity index (χ4v) is 5.38. The minimum Gasteiger partial charge on any atom is -0.369 e. The monoisotopic (exact) mass is 418 g/mol. The van der Waals surface area contributed by atoms with Gasteiger partial charge in [-0.2, -0.15) is 18.2 Å². The van der Waals surface area contributed by atoms with Crippen molar-refractivity contribution in [1.29, 1.82) is 0 Å². The van der Waals surface area contributed by atoms with Crippen molar-refractivity contribution in [3.05, 3.63) is 40.2 Å². The van der Waals surface area contributed by atoms with Crippen LogP contribution in [0.1, 0.15) is 23.5 Å². The van der Waals surface area contributed by atoms with E-state index in [-0.39, 0.29) is 29.4 Å². The topological polar surface area (TPSA) is 58.4 Å². The summed E-state index contributed by atoms with van der Waals surface area (Å²) in [5, 5.41) is 4.31. The molecule has 3 rings (SSSR count). The number of hydrogen-bond acceptors (Lipinski definition) is 4. The molecule has 0 N–H and O–H groups in total. The number of hydrogen-bond donors (Lipinski definition) is 0. The van der Waals surface area contributed by atoms with Gasteiger partial charge in [-0.05, 0) is 38.5 Å². The van der Waals surface area contributed by atoms with Gasteiger partial charge < -0.3 is 4.90 Å². The number of alkyl halides is 2. The van der Waals surface area contributed by atoms with Crippen molar-refractivity contribution in [2.75, 3.05) is 31.1 Å². The summed E-state index contributed by atoms with van der Waals surface area (Å²) in [7, 11) is -3.90. The minimum absolute atomic E-state index is 0.0457. The molecule has 27 heavy (non-hydrogen) atoms. The maximum absolute atomic E-state index is 13.0. The van der Waals surface area contributed by atoms with E-state index in [1.807, 2.05) is 25.1 Å². The predicted molar refractivity (Wildman–Crippen MR) is 100 cm³/mol. The Morgan fingerprint density at radius 1 is 1.11 bits per heavy atom. The van der Waals surface area contributed by atoms with Crippen molar-refractivity contribution in [1.82, 2.24) is 14.1 Å². The lowest BCUT2D eigenvalue weighted by atomic mass is 10.1. The lowest BCUT2D eigenvalue weighted by molar-refractivity contribution is 0.0538. The van der Waals surface area contributed by atoms with Gasteiger partial charge in [0.1, 0.15) is 4.90 Å². The molecule has 2 aromatic rings. The van der Waals surface area contributed by atoms with Gasteiger partial charge in [0.25, 0.3) is 0 Å². The first-order chi connectivity index (χ1) is 12.6. The molecule has 1 aromatic carbocycles. The zero-order valence-corrected chi connectivity index (χ0v) is 16.9. The molecule has 0 unspecified atom stereocenters. The van der Waals surface area contributed by atoms with Crippen LogP contribution in [0.3, 0.4) is 0 Å². The summed E-state index contributed by atoms with van der Waals surface area (Å²) in [6.07, 6.45) is 0. The Hall–Kier alpha value is -1.71. The molecule has 0 saturated carbocycles. The maximum Gasteiger partial charge on any atom is 0.333 e. The quantitative estimate of drug-likeness (QED) is 0.763. The Morgan fingerprint density at radius 2 is 1.74 bits per heavy atom. The lowest BCUT2D eigenvalue weighted by Crippen LogP contribution is -2.49. The van der Waals surface area contributed by atoms with Crippen LogP contribution in [0.5, 0.6) is 0 Å². The lowest BCUT2D eigenvalue weighted by Gasteiger charge is -2.36.